The maximum absolute atomic E-state index is 14.9. The van der Waals surface area contributed by atoms with Gasteiger partial charge in [0.25, 0.3) is 0 Å². The van der Waals surface area contributed by atoms with Gasteiger partial charge >= 0.3 is 6.03 Å². The van der Waals surface area contributed by atoms with E-state index in [-0.39, 0.29) is 54.4 Å². The molecule has 0 bridgehead atoms. The number of nitrogens with zero attached hydrogens (tertiary/aromatic N) is 7. The van der Waals surface area contributed by atoms with Gasteiger partial charge in [-0.05, 0) is 68.4 Å². The molecule has 3 fully saturated rings. The molecular formula is C35H40BrF2N7O4. The number of hydrogen-bond donors (Lipinski definition) is 0. The number of carbonyl (C=O) groups is 1. The number of benzene rings is 3. The van der Waals surface area contributed by atoms with Crippen molar-refractivity contribution < 1.29 is 27.8 Å². The first-order chi connectivity index (χ1) is 23.3. The average molecular weight is 741 g/mol. The predicted molar refractivity (Wildman–Crippen MR) is 187 cm³/mol. The SMILES string of the molecule is Br.CC(C)N1CCN(c2ccc(N3CCN(c4ccc(OC[C@H]5OC[C@](Cn6cncn6)(c6ccc(F)cc6F)O5)cc4)CC3)cc2)C1=O. The summed E-state index contributed by atoms with van der Waals surface area (Å²) in [7, 11) is 0. The molecule has 1 aromatic heterocycles. The molecule has 49 heavy (non-hydrogen) atoms. The highest BCUT2D eigenvalue weighted by molar-refractivity contribution is 8.93. The van der Waals surface area contributed by atoms with Crippen molar-refractivity contribution in [3.8, 4) is 5.75 Å². The van der Waals surface area contributed by atoms with E-state index in [1.807, 2.05) is 60.0 Å². The van der Waals surface area contributed by atoms with E-state index in [0.29, 0.717) is 12.3 Å². The third kappa shape index (κ3) is 7.36. The third-order valence-corrected chi connectivity index (χ3v) is 9.22. The fourth-order valence-corrected chi connectivity index (χ4v) is 6.63. The molecule has 0 N–H and O–H groups in total. The highest BCUT2D eigenvalue weighted by Crippen LogP contribution is 2.37. The number of amides is 2. The summed E-state index contributed by atoms with van der Waals surface area (Å²) in [6.45, 7) is 9.31. The standard InChI is InChI=1S/C35H39F2N7O4.BrH/c1-25(2)43-17-18-44(34(43)45)29-6-4-27(5-7-29)40-13-15-41(16-14-40)28-8-10-30(11-9-28)46-20-33-47-22-35(48-33,21-42-24-38-23-39-42)31-12-3-26(36)19-32(31)37;/h3-12,19,23-25,33H,13-18,20-22H2,1-2H3;1H/t33-,35+;/m0./s1. The molecule has 0 spiro atoms. The summed E-state index contributed by atoms with van der Waals surface area (Å²) in [5.74, 6) is -0.736. The molecule has 14 heteroatoms. The Balaban J connectivity index is 0.00000417. The maximum Gasteiger partial charge on any atom is 0.324 e. The van der Waals surface area contributed by atoms with Crippen LogP contribution < -0.4 is 19.4 Å². The number of hydrogen-bond acceptors (Lipinski definition) is 8. The van der Waals surface area contributed by atoms with Crippen molar-refractivity contribution in [2.45, 2.75) is 38.3 Å². The van der Waals surface area contributed by atoms with E-state index in [9.17, 15) is 13.6 Å². The second kappa shape index (κ2) is 14.7. The normalized spacial score (nSPS) is 21.1. The molecule has 0 unspecified atom stereocenters. The first-order valence-electron chi connectivity index (χ1n) is 16.3. The van der Waals surface area contributed by atoms with Crippen molar-refractivity contribution in [1.29, 1.82) is 0 Å². The first kappa shape index (κ1) is 34.6. The highest BCUT2D eigenvalue weighted by Gasteiger charge is 2.45. The Morgan fingerprint density at radius 2 is 1.55 bits per heavy atom. The van der Waals surface area contributed by atoms with E-state index in [0.717, 1.165) is 55.9 Å². The van der Waals surface area contributed by atoms with Crippen LogP contribution in [0.3, 0.4) is 0 Å². The fourth-order valence-electron chi connectivity index (χ4n) is 6.63. The number of carbonyl (C=O) groups excluding carboxylic acids is 1. The van der Waals surface area contributed by atoms with Gasteiger partial charge in [0.1, 0.15) is 42.2 Å². The Labute approximate surface area is 294 Å². The lowest BCUT2D eigenvalue weighted by atomic mass is 9.94. The van der Waals surface area contributed by atoms with Gasteiger partial charge in [-0.1, -0.05) is 6.07 Å². The zero-order valence-corrected chi connectivity index (χ0v) is 29.2. The molecule has 0 saturated carbocycles. The molecule has 7 rings (SSSR count). The lowest BCUT2D eigenvalue weighted by molar-refractivity contribution is -0.117. The molecule has 3 aromatic carbocycles. The molecule has 2 amide bonds. The van der Waals surface area contributed by atoms with Gasteiger partial charge in [-0.3, -0.25) is 4.90 Å². The fraction of sp³-hybridized carbons (Fsp3) is 0.400. The molecule has 4 heterocycles. The molecule has 260 valence electrons. The maximum atomic E-state index is 14.9. The van der Waals surface area contributed by atoms with E-state index in [4.69, 9.17) is 14.2 Å². The summed E-state index contributed by atoms with van der Waals surface area (Å²) in [6.07, 6.45) is 2.12. The van der Waals surface area contributed by atoms with E-state index < -0.39 is 23.5 Å². The summed E-state index contributed by atoms with van der Waals surface area (Å²) in [5, 5.41) is 4.13. The number of urea groups is 1. The number of rotatable bonds is 10. The molecule has 3 aliphatic rings. The third-order valence-electron chi connectivity index (χ3n) is 9.22. The van der Waals surface area contributed by atoms with Gasteiger partial charge in [-0.25, -0.2) is 23.2 Å². The van der Waals surface area contributed by atoms with Gasteiger partial charge in [0.2, 0.25) is 0 Å². The minimum atomic E-state index is -1.23. The quantitative estimate of drug-likeness (QED) is 0.212. The van der Waals surface area contributed by atoms with Gasteiger partial charge in [-0.2, -0.15) is 5.10 Å². The van der Waals surface area contributed by atoms with E-state index in [1.165, 1.54) is 29.5 Å². The van der Waals surface area contributed by atoms with Crippen LogP contribution in [0.25, 0.3) is 0 Å². The van der Waals surface area contributed by atoms with Crippen LogP contribution in [0.4, 0.5) is 30.6 Å². The zero-order chi connectivity index (χ0) is 33.3. The van der Waals surface area contributed by atoms with Crippen LogP contribution in [0.2, 0.25) is 0 Å². The largest absolute Gasteiger partial charge is 0.488 e. The Bertz CT molecular complexity index is 1710. The molecule has 11 nitrogen and oxygen atoms in total. The van der Waals surface area contributed by atoms with Crippen molar-refractivity contribution in [2.75, 3.05) is 67.2 Å². The Hall–Kier alpha value is -4.27. The van der Waals surface area contributed by atoms with Crippen LogP contribution in [0.5, 0.6) is 5.75 Å². The van der Waals surface area contributed by atoms with Gasteiger partial charge < -0.3 is 28.9 Å². The lowest BCUT2D eigenvalue weighted by Crippen LogP contribution is -2.46. The summed E-state index contributed by atoms with van der Waals surface area (Å²) in [6, 6.07) is 19.9. The van der Waals surface area contributed by atoms with E-state index in [2.05, 4.69) is 32.0 Å². The minimum Gasteiger partial charge on any atom is -0.488 e. The van der Waals surface area contributed by atoms with Crippen molar-refractivity contribution in [3.63, 3.8) is 0 Å². The van der Waals surface area contributed by atoms with Crippen LogP contribution in [0.1, 0.15) is 19.4 Å². The van der Waals surface area contributed by atoms with Crippen LogP contribution in [0.15, 0.2) is 79.4 Å². The second-order valence-electron chi connectivity index (χ2n) is 12.6. The number of halogens is 3. The topological polar surface area (TPSA) is 88.4 Å². The first-order valence-corrected chi connectivity index (χ1v) is 16.3. The Kier molecular flexibility index (Phi) is 10.4. The van der Waals surface area contributed by atoms with E-state index in [1.54, 1.807) is 0 Å². The number of anilines is 3. The van der Waals surface area contributed by atoms with Crippen molar-refractivity contribution in [1.82, 2.24) is 19.7 Å². The average Bonchev–Trinajstić information content (AvgIpc) is 3.85. The van der Waals surface area contributed by atoms with Crippen LogP contribution in [-0.4, -0.2) is 90.5 Å². The predicted octanol–water partition coefficient (Wildman–Crippen LogP) is 5.46. The molecule has 0 aliphatic carbocycles. The van der Waals surface area contributed by atoms with Crippen molar-refractivity contribution in [2.24, 2.45) is 0 Å². The molecule has 3 saturated heterocycles. The highest BCUT2D eigenvalue weighted by atomic mass is 79.9. The summed E-state index contributed by atoms with van der Waals surface area (Å²) < 4.78 is 48.2. The molecule has 0 radical (unpaired) electrons. The summed E-state index contributed by atoms with van der Waals surface area (Å²) in [4.78, 5) is 25.2. The van der Waals surface area contributed by atoms with Gasteiger partial charge in [-0.15, -0.1) is 17.0 Å². The van der Waals surface area contributed by atoms with Crippen LogP contribution >= 0.6 is 17.0 Å². The van der Waals surface area contributed by atoms with Gasteiger partial charge in [0, 0.05) is 74.0 Å². The van der Waals surface area contributed by atoms with Crippen LogP contribution in [0, 0.1) is 11.6 Å². The monoisotopic (exact) mass is 739 g/mol. The van der Waals surface area contributed by atoms with Crippen LogP contribution in [-0.2, 0) is 21.6 Å². The van der Waals surface area contributed by atoms with Gasteiger partial charge in [0.15, 0.2) is 6.29 Å². The van der Waals surface area contributed by atoms with Crippen molar-refractivity contribution in [3.05, 3.63) is 96.6 Å². The summed E-state index contributed by atoms with van der Waals surface area (Å²) >= 11 is 0. The minimum absolute atomic E-state index is 0. The summed E-state index contributed by atoms with van der Waals surface area (Å²) in [5.41, 5.74) is 2.15. The zero-order valence-electron chi connectivity index (χ0n) is 27.5. The smallest absolute Gasteiger partial charge is 0.324 e. The van der Waals surface area contributed by atoms with E-state index >= 15 is 0 Å². The molecule has 2 atom stereocenters. The second-order valence-corrected chi connectivity index (χ2v) is 12.6. The number of piperazine rings is 1. The molecule has 3 aliphatic heterocycles. The molecular weight excluding hydrogens is 700 g/mol. The Morgan fingerprint density at radius 3 is 2.14 bits per heavy atom. The Morgan fingerprint density at radius 1 is 0.898 bits per heavy atom. The van der Waals surface area contributed by atoms with Gasteiger partial charge in [0.05, 0.1) is 13.2 Å². The lowest BCUT2D eigenvalue weighted by Gasteiger charge is -2.37. The van der Waals surface area contributed by atoms with Crippen molar-refractivity contribution >= 4 is 40.1 Å². The molecule has 4 aromatic rings. The number of ether oxygens (including phenoxy) is 3. The number of aromatic nitrogens is 3.